The highest BCUT2D eigenvalue weighted by Gasteiger charge is 2.22. The maximum absolute atomic E-state index is 14.1. The number of urea groups is 1. The highest BCUT2D eigenvalue weighted by Crippen LogP contribution is 2.25. The number of nitrogens with zero attached hydrogens (tertiary/aromatic N) is 3. The van der Waals surface area contributed by atoms with Gasteiger partial charge in [0, 0.05) is 18.8 Å². The first kappa shape index (κ1) is 15.7. The fourth-order valence-corrected chi connectivity index (χ4v) is 2.31. The molecule has 0 saturated carbocycles. The van der Waals surface area contributed by atoms with Crippen LogP contribution in [0, 0.1) is 5.82 Å². The van der Waals surface area contributed by atoms with Crippen molar-refractivity contribution >= 4 is 29.1 Å². The van der Waals surface area contributed by atoms with Crippen LogP contribution in [0.2, 0.25) is 0 Å². The highest BCUT2D eigenvalue weighted by molar-refractivity contribution is 6.03. The van der Waals surface area contributed by atoms with Gasteiger partial charge in [-0.25, -0.2) is 19.2 Å². The molecule has 3 rings (SSSR count). The Hall–Kier alpha value is -3.23. The van der Waals surface area contributed by atoms with Crippen LogP contribution in [-0.2, 0) is 0 Å². The minimum atomic E-state index is -0.544. The Bertz CT molecular complexity index is 780. The molecule has 0 aliphatic carbocycles. The maximum Gasteiger partial charge on any atom is 0.321 e. The van der Waals surface area contributed by atoms with Gasteiger partial charge in [-0.05, 0) is 24.6 Å². The van der Waals surface area contributed by atoms with Crippen LogP contribution in [-0.4, -0.2) is 35.0 Å². The number of aromatic nitrogens is 2. The van der Waals surface area contributed by atoms with Crippen molar-refractivity contribution < 1.29 is 14.0 Å². The fourth-order valence-electron chi connectivity index (χ4n) is 2.31. The van der Waals surface area contributed by atoms with E-state index in [1.54, 1.807) is 0 Å². The lowest BCUT2D eigenvalue weighted by Gasteiger charge is -2.28. The summed E-state index contributed by atoms with van der Waals surface area (Å²) in [5.74, 6) is -0.854. The largest absolute Gasteiger partial charge is 0.382 e. The van der Waals surface area contributed by atoms with Crippen molar-refractivity contribution in [3.05, 3.63) is 42.1 Å². The van der Waals surface area contributed by atoms with Crippen LogP contribution in [0.4, 0.5) is 26.4 Å². The lowest BCUT2D eigenvalue weighted by molar-refractivity contribution is 0.102. The smallest absolute Gasteiger partial charge is 0.321 e. The second kappa shape index (κ2) is 6.49. The van der Waals surface area contributed by atoms with E-state index in [9.17, 15) is 14.0 Å². The van der Waals surface area contributed by atoms with E-state index in [1.807, 2.05) is 0 Å². The molecule has 24 heavy (non-hydrogen) atoms. The molecule has 0 radical (unpaired) electrons. The standard InChI is InChI=1S/C15H15FN6O2/c16-10-3-2-9(6-12(10)22-5-1-4-18-15(22)24)21-14(23)11-7-20-13(17)8-19-11/h2-3,6-8H,1,4-5H2,(H2,17,20)(H,18,24)(H,21,23). The van der Waals surface area contributed by atoms with Gasteiger partial charge in [-0.2, -0.15) is 0 Å². The first-order chi connectivity index (χ1) is 11.5. The predicted molar refractivity (Wildman–Crippen MR) is 86.2 cm³/mol. The van der Waals surface area contributed by atoms with Gasteiger partial charge in [-0.3, -0.25) is 9.69 Å². The summed E-state index contributed by atoms with van der Waals surface area (Å²) in [6, 6.07) is 3.64. The Morgan fingerprint density at radius 1 is 1.33 bits per heavy atom. The van der Waals surface area contributed by atoms with E-state index in [1.165, 1.54) is 35.5 Å². The first-order valence-corrected chi connectivity index (χ1v) is 7.28. The summed E-state index contributed by atoms with van der Waals surface area (Å²) < 4.78 is 14.1. The summed E-state index contributed by atoms with van der Waals surface area (Å²) in [7, 11) is 0. The number of nitrogens with two attached hydrogens (primary N) is 1. The molecule has 2 aromatic rings. The summed E-state index contributed by atoms with van der Waals surface area (Å²) in [4.78, 5) is 32.9. The zero-order valence-electron chi connectivity index (χ0n) is 12.6. The molecule has 1 aromatic carbocycles. The van der Waals surface area contributed by atoms with Crippen molar-refractivity contribution in [2.24, 2.45) is 0 Å². The lowest BCUT2D eigenvalue weighted by atomic mass is 10.2. The Morgan fingerprint density at radius 3 is 2.88 bits per heavy atom. The monoisotopic (exact) mass is 330 g/mol. The molecule has 1 saturated heterocycles. The van der Waals surface area contributed by atoms with Crippen molar-refractivity contribution in [3.8, 4) is 0 Å². The summed E-state index contributed by atoms with van der Waals surface area (Å²) in [5, 5.41) is 5.24. The van der Waals surface area contributed by atoms with E-state index < -0.39 is 11.7 Å². The number of nitrogens with one attached hydrogen (secondary N) is 2. The zero-order chi connectivity index (χ0) is 17.1. The number of carbonyl (C=O) groups excluding carboxylic acids is 2. The lowest BCUT2D eigenvalue weighted by Crippen LogP contribution is -2.46. The third kappa shape index (κ3) is 3.24. The number of carbonyl (C=O) groups is 2. The van der Waals surface area contributed by atoms with Crippen molar-refractivity contribution in [1.82, 2.24) is 15.3 Å². The Balaban J connectivity index is 1.81. The topological polar surface area (TPSA) is 113 Å². The second-order valence-electron chi connectivity index (χ2n) is 5.18. The van der Waals surface area contributed by atoms with Gasteiger partial charge in [-0.1, -0.05) is 0 Å². The number of anilines is 3. The van der Waals surface area contributed by atoms with Gasteiger partial charge in [0.15, 0.2) is 0 Å². The number of amides is 3. The van der Waals surface area contributed by atoms with Gasteiger partial charge in [0.05, 0.1) is 18.1 Å². The van der Waals surface area contributed by atoms with Crippen LogP contribution in [0.25, 0.3) is 0 Å². The molecule has 9 heteroatoms. The number of hydrogen-bond acceptors (Lipinski definition) is 5. The molecule has 0 bridgehead atoms. The summed E-state index contributed by atoms with van der Waals surface area (Å²) >= 11 is 0. The molecule has 1 aromatic heterocycles. The van der Waals surface area contributed by atoms with Crippen LogP contribution >= 0.6 is 0 Å². The van der Waals surface area contributed by atoms with Gasteiger partial charge < -0.3 is 16.4 Å². The molecule has 124 valence electrons. The normalized spacial score (nSPS) is 14.2. The van der Waals surface area contributed by atoms with Gasteiger partial charge in [0.25, 0.3) is 5.91 Å². The summed E-state index contributed by atoms with van der Waals surface area (Å²) in [6.07, 6.45) is 3.22. The van der Waals surface area contributed by atoms with E-state index in [2.05, 4.69) is 20.6 Å². The van der Waals surface area contributed by atoms with Crippen molar-refractivity contribution in [3.63, 3.8) is 0 Å². The number of benzene rings is 1. The molecule has 1 fully saturated rings. The van der Waals surface area contributed by atoms with Crippen molar-refractivity contribution in [2.75, 3.05) is 29.0 Å². The number of hydrogen-bond donors (Lipinski definition) is 3. The molecule has 4 N–H and O–H groups in total. The molecule has 8 nitrogen and oxygen atoms in total. The summed E-state index contributed by atoms with van der Waals surface area (Å²) in [5.41, 5.74) is 5.94. The first-order valence-electron chi connectivity index (χ1n) is 7.28. The Labute approximate surface area is 136 Å². The minimum Gasteiger partial charge on any atom is -0.382 e. The Morgan fingerprint density at radius 2 is 2.17 bits per heavy atom. The highest BCUT2D eigenvalue weighted by atomic mass is 19.1. The quantitative estimate of drug-likeness (QED) is 0.786. The van der Waals surface area contributed by atoms with Crippen LogP contribution in [0.15, 0.2) is 30.6 Å². The van der Waals surface area contributed by atoms with Crippen molar-refractivity contribution in [1.29, 1.82) is 0 Å². The molecule has 0 atom stereocenters. The summed E-state index contributed by atoms with van der Waals surface area (Å²) in [6.45, 7) is 0.965. The maximum atomic E-state index is 14.1. The molecule has 0 unspecified atom stereocenters. The molecule has 3 amide bonds. The van der Waals surface area contributed by atoms with E-state index in [4.69, 9.17) is 5.73 Å². The van der Waals surface area contributed by atoms with Gasteiger partial charge in [0.2, 0.25) is 0 Å². The molecule has 1 aliphatic rings. The van der Waals surface area contributed by atoms with Crippen molar-refractivity contribution in [2.45, 2.75) is 6.42 Å². The van der Waals surface area contributed by atoms with Gasteiger partial charge in [0.1, 0.15) is 17.3 Å². The average Bonchev–Trinajstić information content (AvgIpc) is 2.58. The molecule has 0 spiro atoms. The zero-order valence-corrected chi connectivity index (χ0v) is 12.6. The second-order valence-corrected chi connectivity index (χ2v) is 5.18. The molecular formula is C15H15FN6O2. The molecule has 2 heterocycles. The fraction of sp³-hybridized carbons (Fsp3) is 0.200. The Kier molecular flexibility index (Phi) is 4.23. The SMILES string of the molecule is Nc1cnc(C(=O)Nc2ccc(F)c(N3CCCNC3=O)c2)cn1. The average molecular weight is 330 g/mol. The van der Waals surface area contributed by atoms with Crippen LogP contribution < -0.4 is 21.3 Å². The van der Waals surface area contributed by atoms with E-state index in [-0.39, 0.29) is 23.2 Å². The minimum absolute atomic E-state index is 0.0748. The van der Waals surface area contributed by atoms with Crippen LogP contribution in [0.5, 0.6) is 0 Å². The molecule has 1 aliphatic heterocycles. The predicted octanol–water partition coefficient (Wildman–Crippen LogP) is 1.37. The number of halogens is 1. The van der Waals surface area contributed by atoms with Crippen LogP contribution in [0.3, 0.4) is 0 Å². The third-order valence-corrected chi connectivity index (χ3v) is 3.48. The van der Waals surface area contributed by atoms with Gasteiger partial charge in [-0.15, -0.1) is 0 Å². The third-order valence-electron chi connectivity index (χ3n) is 3.48. The van der Waals surface area contributed by atoms with Crippen LogP contribution in [0.1, 0.15) is 16.9 Å². The van der Waals surface area contributed by atoms with E-state index in [0.29, 0.717) is 25.2 Å². The molecular weight excluding hydrogens is 315 g/mol. The number of rotatable bonds is 3. The van der Waals surface area contributed by atoms with E-state index in [0.717, 1.165) is 0 Å². The van der Waals surface area contributed by atoms with Gasteiger partial charge >= 0.3 is 6.03 Å². The number of nitrogen functional groups attached to an aromatic ring is 1. The van der Waals surface area contributed by atoms with E-state index >= 15 is 0 Å².